The molecule has 6 nitrogen and oxygen atoms in total. The standard InChI is InChI=1S/C10H10BrN5O/c11-6-1-2-8-14-10(15-16(8)5-6)13-7-3-9(17)12-4-7/h1-2,5,7H,3-4H2,(H,12,17)(H,13,15). The third-order valence-corrected chi connectivity index (χ3v) is 3.07. The van der Waals surface area contributed by atoms with Gasteiger partial charge in [-0.1, -0.05) is 0 Å². The number of hydrogen-bond donors (Lipinski definition) is 2. The highest BCUT2D eigenvalue weighted by Gasteiger charge is 2.22. The number of amides is 1. The second kappa shape index (κ2) is 3.99. The van der Waals surface area contributed by atoms with Gasteiger partial charge in [0.25, 0.3) is 0 Å². The Labute approximate surface area is 106 Å². The van der Waals surface area contributed by atoms with Gasteiger partial charge in [-0.3, -0.25) is 4.79 Å². The fraction of sp³-hybridized carbons (Fsp3) is 0.300. The Hall–Kier alpha value is -1.63. The van der Waals surface area contributed by atoms with Crippen molar-refractivity contribution in [3.63, 3.8) is 0 Å². The summed E-state index contributed by atoms with van der Waals surface area (Å²) in [6.07, 6.45) is 2.31. The molecule has 88 valence electrons. The first-order valence-electron chi connectivity index (χ1n) is 5.26. The lowest BCUT2D eigenvalue weighted by Gasteiger charge is -2.06. The van der Waals surface area contributed by atoms with Crippen LogP contribution in [0.1, 0.15) is 6.42 Å². The second-order valence-electron chi connectivity index (χ2n) is 3.93. The van der Waals surface area contributed by atoms with Crippen molar-refractivity contribution in [2.75, 3.05) is 11.9 Å². The van der Waals surface area contributed by atoms with Crippen LogP contribution in [0.15, 0.2) is 22.8 Å². The highest BCUT2D eigenvalue weighted by Crippen LogP contribution is 2.13. The Morgan fingerprint density at radius 1 is 1.53 bits per heavy atom. The molecular formula is C10H10BrN5O. The Bertz CT molecular complexity index is 581. The lowest BCUT2D eigenvalue weighted by atomic mass is 10.3. The Balaban J connectivity index is 1.83. The summed E-state index contributed by atoms with van der Waals surface area (Å²) in [5, 5.41) is 10.2. The van der Waals surface area contributed by atoms with Gasteiger partial charge in [0.15, 0.2) is 5.65 Å². The highest BCUT2D eigenvalue weighted by atomic mass is 79.9. The van der Waals surface area contributed by atoms with Gasteiger partial charge in [-0.25, -0.2) is 4.52 Å². The van der Waals surface area contributed by atoms with E-state index in [1.807, 2.05) is 18.3 Å². The van der Waals surface area contributed by atoms with Gasteiger partial charge in [0.1, 0.15) is 0 Å². The summed E-state index contributed by atoms with van der Waals surface area (Å²) >= 11 is 3.37. The maximum absolute atomic E-state index is 11.1. The summed E-state index contributed by atoms with van der Waals surface area (Å²) in [6.45, 7) is 0.623. The largest absolute Gasteiger partial charge is 0.354 e. The van der Waals surface area contributed by atoms with Crippen LogP contribution in [0, 0.1) is 0 Å². The van der Waals surface area contributed by atoms with E-state index in [1.165, 1.54) is 0 Å². The van der Waals surface area contributed by atoms with Gasteiger partial charge in [-0.15, -0.1) is 5.10 Å². The molecule has 1 amide bonds. The number of pyridine rings is 1. The third-order valence-electron chi connectivity index (χ3n) is 2.61. The fourth-order valence-electron chi connectivity index (χ4n) is 1.81. The van der Waals surface area contributed by atoms with E-state index in [2.05, 4.69) is 36.6 Å². The molecule has 17 heavy (non-hydrogen) atoms. The zero-order valence-corrected chi connectivity index (χ0v) is 10.4. The molecular weight excluding hydrogens is 286 g/mol. The number of hydrogen-bond acceptors (Lipinski definition) is 4. The van der Waals surface area contributed by atoms with Gasteiger partial charge in [0.05, 0.1) is 6.04 Å². The van der Waals surface area contributed by atoms with Crippen molar-refractivity contribution in [3.05, 3.63) is 22.8 Å². The van der Waals surface area contributed by atoms with Crippen molar-refractivity contribution in [2.24, 2.45) is 0 Å². The van der Waals surface area contributed by atoms with Gasteiger partial charge in [-0.2, -0.15) is 4.98 Å². The summed E-state index contributed by atoms with van der Waals surface area (Å²) in [6, 6.07) is 3.86. The number of nitrogens with zero attached hydrogens (tertiary/aromatic N) is 3. The van der Waals surface area contributed by atoms with E-state index >= 15 is 0 Å². The minimum Gasteiger partial charge on any atom is -0.354 e. The van der Waals surface area contributed by atoms with E-state index in [1.54, 1.807) is 4.52 Å². The van der Waals surface area contributed by atoms with Crippen molar-refractivity contribution in [3.8, 4) is 0 Å². The summed E-state index contributed by atoms with van der Waals surface area (Å²) in [5.74, 6) is 0.610. The molecule has 2 aromatic heterocycles. The fourth-order valence-corrected chi connectivity index (χ4v) is 2.14. The first-order valence-corrected chi connectivity index (χ1v) is 6.05. The Morgan fingerprint density at radius 3 is 3.18 bits per heavy atom. The Morgan fingerprint density at radius 2 is 2.41 bits per heavy atom. The van der Waals surface area contributed by atoms with Gasteiger partial charge < -0.3 is 10.6 Å². The molecule has 1 atom stereocenters. The van der Waals surface area contributed by atoms with Crippen molar-refractivity contribution < 1.29 is 4.79 Å². The van der Waals surface area contributed by atoms with E-state index < -0.39 is 0 Å². The zero-order chi connectivity index (χ0) is 11.8. The molecule has 0 radical (unpaired) electrons. The van der Waals surface area contributed by atoms with E-state index in [9.17, 15) is 4.79 Å². The SMILES string of the molecule is O=C1CC(Nc2nc3ccc(Br)cn3n2)CN1. The lowest BCUT2D eigenvalue weighted by molar-refractivity contribution is -0.119. The molecule has 2 N–H and O–H groups in total. The summed E-state index contributed by atoms with van der Waals surface area (Å²) in [7, 11) is 0. The number of aromatic nitrogens is 3. The molecule has 2 aromatic rings. The third kappa shape index (κ3) is 2.10. The monoisotopic (exact) mass is 295 g/mol. The number of halogens is 1. The van der Waals surface area contributed by atoms with Gasteiger partial charge in [0, 0.05) is 23.6 Å². The molecule has 1 fully saturated rings. The van der Waals surface area contributed by atoms with Crippen LogP contribution < -0.4 is 10.6 Å². The van der Waals surface area contributed by atoms with Crippen LogP contribution in [-0.4, -0.2) is 33.1 Å². The van der Waals surface area contributed by atoms with Crippen LogP contribution >= 0.6 is 15.9 Å². The zero-order valence-electron chi connectivity index (χ0n) is 8.85. The van der Waals surface area contributed by atoms with Crippen LogP contribution in [0.3, 0.4) is 0 Å². The number of fused-ring (bicyclic) bond motifs is 1. The topological polar surface area (TPSA) is 71.3 Å². The Kier molecular flexibility index (Phi) is 2.47. The highest BCUT2D eigenvalue weighted by molar-refractivity contribution is 9.10. The molecule has 3 rings (SSSR count). The lowest BCUT2D eigenvalue weighted by Crippen LogP contribution is -2.22. The molecule has 1 unspecified atom stereocenters. The van der Waals surface area contributed by atoms with Crippen LogP contribution in [0.25, 0.3) is 5.65 Å². The summed E-state index contributed by atoms with van der Waals surface area (Å²) in [5.41, 5.74) is 0.771. The number of nitrogens with one attached hydrogen (secondary N) is 2. The van der Waals surface area contributed by atoms with Crippen molar-refractivity contribution in [2.45, 2.75) is 12.5 Å². The number of carbonyl (C=O) groups excluding carboxylic acids is 1. The molecule has 1 aliphatic rings. The smallest absolute Gasteiger partial charge is 0.243 e. The van der Waals surface area contributed by atoms with Gasteiger partial charge >= 0.3 is 0 Å². The first-order chi connectivity index (χ1) is 8.20. The molecule has 7 heteroatoms. The number of anilines is 1. The minimum atomic E-state index is 0.0639. The molecule has 3 heterocycles. The molecule has 0 bridgehead atoms. The molecule has 1 aliphatic heterocycles. The van der Waals surface area contributed by atoms with E-state index in [-0.39, 0.29) is 11.9 Å². The minimum absolute atomic E-state index is 0.0639. The van der Waals surface area contributed by atoms with Crippen molar-refractivity contribution in [1.29, 1.82) is 0 Å². The summed E-state index contributed by atoms with van der Waals surface area (Å²) < 4.78 is 2.63. The van der Waals surface area contributed by atoms with Crippen LogP contribution in [0.4, 0.5) is 5.95 Å². The predicted molar refractivity (Wildman–Crippen MR) is 65.7 cm³/mol. The average molecular weight is 296 g/mol. The summed E-state index contributed by atoms with van der Waals surface area (Å²) in [4.78, 5) is 15.4. The van der Waals surface area contributed by atoms with Crippen molar-refractivity contribution in [1.82, 2.24) is 19.9 Å². The number of rotatable bonds is 2. The van der Waals surface area contributed by atoms with Crippen LogP contribution in [0.2, 0.25) is 0 Å². The first kappa shape index (κ1) is 10.5. The van der Waals surface area contributed by atoms with E-state index in [0.29, 0.717) is 18.9 Å². The van der Waals surface area contributed by atoms with Gasteiger partial charge in [0.2, 0.25) is 11.9 Å². The second-order valence-corrected chi connectivity index (χ2v) is 4.85. The van der Waals surface area contributed by atoms with Crippen LogP contribution in [-0.2, 0) is 4.79 Å². The van der Waals surface area contributed by atoms with E-state index in [0.717, 1.165) is 10.1 Å². The van der Waals surface area contributed by atoms with E-state index in [4.69, 9.17) is 0 Å². The molecule has 0 spiro atoms. The predicted octanol–water partition coefficient (Wildman–Crippen LogP) is 0.792. The maximum atomic E-state index is 11.1. The van der Waals surface area contributed by atoms with Gasteiger partial charge in [-0.05, 0) is 28.1 Å². The maximum Gasteiger partial charge on any atom is 0.243 e. The quantitative estimate of drug-likeness (QED) is 0.859. The number of carbonyl (C=O) groups is 1. The molecule has 1 saturated heterocycles. The average Bonchev–Trinajstić information content (AvgIpc) is 2.84. The van der Waals surface area contributed by atoms with Crippen molar-refractivity contribution >= 4 is 33.4 Å². The molecule has 0 saturated carbocycles. The molecule has 0 aliphatic carbocycles. The normalized spacial score (nSPS) is 19.6. The van der Waals surface area contributed by atoms with Crippen LogP contribution in [0.5, 0.6) is 0 Å². The molecule has 0 aromatic carbocycles.